The zero-order chi connectivity index (χ0) is 10.9. The van der Waals surface area contributed by atoms with E-state index in [0.717, 1.165) is 12.1 Å². The molecule has 0 saturated heterocycles. The monoisotopic (exact) mass is 269 g/mol. The maximum absolute atomic E-state index is 12.3. The second kappa shape index (κ2) is 3.78. The van der Waals surface area contributed by atoms with Crippen LogP contribution in [0.2, 0.25) is 0 Å². The first-order chi connectivity index (χ1) is 6.36. The Hall–Kier alpha value is -0.750. The normalized spacial score (nSPS) is 11.8. The molecular formula is C8H7BrF3NO. The van der Waals surface area contributed by atoms with Crippen molar-refractivity contribution in [3.05, 3.63) is 27.7 Å². The first kappa shape index (κ1) is 11.3. The quantitative estimate of drug-likeness (QED) is 0.824. The molecule has 78 valence electrons. The average Bonchev–Trinajstić information content (AvgIpc) is 2.07. The minimum absolute atomic E-state index is 0.00669. The fourth-order valence-corrected chi connectivity index (χ4v) is 1.48. The molecule has 0 spiro atoms. The van der Waals surface area contributed by atoms with Crippen molar-refractivity contribution in [1.82, 2.24) is 0 Å². The third-order valence-corrected chi connectivity index (χ3v) is 2.29. The molecule has 0 bridgehead atoms. The molecule has 1 rings (SSSR count). The van der Waals surface area contributed by atoms with Crippen LogP contribution in [0.5, 0.6) is 5.75 Å². The summed E-state index contributed by atoms with van der Waals surface area (Å²) >= 11 is 2.82. The summed E-state index contributed by atoms with van der Waals surface area (Å²) in [6, 6.07) is 1.65. The standard InChI is InChI=1S/C8H7BrF3NO/c9-6-2-5(8(10,11)12)1-4(3-13)7(6)14/h1-2,14H,3,13H2. The lowest BCUT2D eigenvalue weighted by Crippen LogP contribution is -2.07. The lowest BCUT2D eigenvalue weighted by Gasteiger charge is -2.10. The van der Waals surface area contributed by atoms with E-state index in [0.29, 0.717) is 0 Å². The summed E-state index contributed by atoms with van der Waals surface area (Å²) in [5, 5.41) is 9.29. The van der Waals surface area contributed by atoms with Crippen molar-refractivity contribution in [2.24, 2.45) is 5.73 Å². The topological polar surface area (TPSA) is 46.2 Å². The van der Waals surface area contributed by atoms with Crippen LogP contribution in [0.3, 0.4) is 0 Å². The molecule has 1 aromatic rings. The number of rotatable bonds is 1. The van der Waals surface area contributed by atoms with Crippen LogP contribution in [0, 0.1) is 0 Å². The van der Waals surface area contributed by atoms with Gasteiger partial charge in [-0.3, -0.25) is 0 Å². The van der Waals surface area contributed by atoms with Crippen LogP contribution in [0.4, 0.5) is 13.2 Å². The molecule has 0 aliphatic rings. The van der Waals surface area contributed by atoms with E-state index >= 15 is 0 Å². The second-order valence-electron chi connectivity index (χ2n) is 2.67. The van der Waals surface area contributed by atoms with Gasteiger partial charge in [0.05, 0.1) is 10.0 Å². The Balaban J connectivity index is 3.30. The van der Waals surface area contributed by atoms with E-state index in [2.05, 4.69) is 15.9 Å². The number of hydrogen-bond acceptors (Lipinski definition) is 2. The molecule has 3 N–H and O–H groups in total. The van der Waals surface area contributed by atoms with Crippen molar-refractivity contribution < 1.29 is 18.3 Å². The Labute approximate surface area is 86.7 Å². The predicted octanol–water partition coefficient (Wildman–Crippen LogP) is 2.63. The molecule has 0 atom stereocenters. The largest absolute Gasteiger partial charge is 0.506 e. The molecule has 0 saturated carbocycles. The molecule has 2 nitrogen and oxygen atoms in total. The van der Waals surface area contributed by atoms with Crippen LogP contribution >= 0.6 is 15.9 Å². The highest BCUT2D eigenvalue weighted by Crippen LogP contribution is 2.36. The van der Waals surface area contributed by atoms with Gasteiger partial charge < -0.3 is 10.8 Å². The van der Waals surface area contributed by atoms with E-state index in [1.807, 2.05) is 0 Å². The minimum atomic E-state index is -4.43. The third-order valence-electron chi connectivity index (χ3n) is 1.69. The number of aromatic hydroxyl groups is 1. The number of phenols is 1. The van der Waals surface area contributed by atoms with Gasteiger partial charge in [-0.05, 0) is 28.1 Å². The predicted molar refractivity (Wildman–Crippen MR) is 48.7 cm³/mol. The van der Waals surface area contributed by atoms with Crippen LogP contribution in [-0.2, 0) is 12.7 Å². The summed E-state index contributed by atoms with van der Waals surface area (Å²) < 4.78 is 36.8. The molecule has 14 heavy (non-hydrogen) atoms. The Bertz CT molecular complexity index is 351. The molecule has 0 heterocycles. The Morgan fingerprint density at radius 3 is 2.36 bits per heavy atom. The SMILES string of the molecule is NCc1cc(C(F)(F)F)cc(Br)c1O. The maximum atomic E-state index is 12.3. The summed E-state index contributed by atoms with van der Waals surface area (Å²) in [6.45, 7) is -0.144. The summed E-state index contributed by atoms with van der Waals surface area (Å²) in [6.07, 6.45) is -4.43. The maximum Gasteiger partial charge on any atom is 0.416 e. The molecule has 0 aliphatic carbocycles. The van der Waals surface area contributed by atoms with Gasteiger partial charge in [0.25, 0.3) is 0 Å². The van der Waals surface area contributed by atoms with E-state index in [1.165, 1.54) is 0 Å². The average molecular weight is 270 g/mol. The van der Waals surface area contributed by atoms with Crippen LogP contribution in [0.15, 0.2) is 16.6 Å². The van der Waals surface area contributed by atoms with Crippen molar-refractivity contribution in [2.45, 2.75) is 12.7 Å². The first-order valence-corrected chi connectivity index (χ1v) is 4.44. The second-order valence-corrected chi connectivity index (χ2v) is 3.52. The Morgan fingerprint density at radius 1 is 1.36 bits per heavy atom. The van der Waals surface area contributed by atoms with E-state index in [9.17, 15) is 18.3 Å². The van der Waals surface area contributed by atoms with E-state index in [1.54, 1.807) is 0 Å². The van der Waals surface area contributed by atoms with Gasteiger partial charge in [0.2, 0.25) is 0 Å². The smallest absolute Gasteiger partial charge is 0.416 e. The molecule has 0 fully saturated rings. The van der Waals surface area contributed by atoms with E-state index in [-0.39, 0.29) is 22.3 Å². The number of alkyl halides is 3. The van der Waals surface area contributed by atoms with Crippen molar-refractivity contribution >= 4 is 15.9 Å². The van der Waals surface area contributed by atoms with Crippen molar-refractivity contribution in [3.63, 3.8) is 0 Å². The van der Waals surface area contributed by atoms with Gasteiger partial charge in [0.1, 0.15) is 5.75 Å². The lowest BCUT2D eigenvalue weighted by molar-refractivity contribution is -0.137. The van der Waals surface area contributed by atoms with Crippen molar-refractivity contribution in [3.8, 4) is 5.75 Å². The zero-order valence-corrected chi connectivity index (χ0v) is 8.48. The highest BCUT2D eigenvalue weighted by Gasteiger charge is 2.31. The highest BCUT2D eigenvalue weighted by atomic mass is 79.9. The van der Waals surface area contributed by atoms with Crippen molar-refractivity contribution in [1.29, 1.82) is 0 Å². The van der Waals surface area contributed by atoms with Gasteiger partial charge in [-0.15, -0.1) is 0 Å². The third kappa shape index (κ3) is 2.19. The Kier molecular flexibility index (Phi) is 3.06. The van der Waals surface area contributed by atoms with E-state index in [4.69, 9.17) is 5.73 Å². The first-order valence-electron chi connectivity index (χ1n) is 3.65. The van der Waals surface area contributed by atoms with Crippen LogP contribution in [0.1, 0.15) is 11.1 Å². The molecule has 1 aromatic carbocycles. The molecule has 0 unspecified atom stereocenters. The number of benzene rings is 1. The lowest BCUT2D eigenvalue weighted by atomic mass is 10.1. The molecule has 0 amide bonds. The van der Waals surface area contributed by atoms with Gasteiger partial charge in [-0.2, -0.15) is 13.2 Å². The van der Waals surface area contributed by atoms with Gasteiger partial charge in [-0.1, -0.05) is 0 Å². The molecule has 6 heteroatoms. The minimum Gasteiger partial charge on any atom is -0.506 e. The summed E-state index contributed by atoms with van der Waals surface area (Å²) in [5.74, 6) is -0.250. The van der Waals surface area contributed by atoms with Gasteiger partial charge in [0, 0.05) is 12.1 Å². The van der Waals surface area contributed by atoms with Crippen molar-refractivity contribution in [2.75, 3.05) is 0 Å². The van der Waals surface area contributed by atoms with Crippen LogP contribution < -0.4 is 5.73 Å². The number of phenolic OH excluding ortho intramolecular Hbond substituents is 1. The van der Waals surface area contributed by atoms with Crippen LogP contribution in [0.25, 0.3) is 0 Å². The Morgan fingerprint density at radius 2 is 1.93 bits per heavy atom. The van der Waals surface area contributed by atoms with Gasteiger partial charge in [-0.25, -0.2) is 0 Å². The number of halogens is 4. The molecule has 0 aliphatic heterocycles. The van der Waals surface area contributed by atoms with Gasteiger partial charge in [0.15, 0.2) is 0 Å². The molecule has 0 radical (unpaired) electrons. The number of nitrogens with two attached hydrogens (primary N) is 1. The summed E-state index contributed by atoms with van der Waals surface area (Å²) in [7, 11) is 0. The van der Waals surface area contributed by atoms with E-state index < -0.39 is 11.7 Å². The van der Waals surface area contributed by atoms with Gasteiger partial charge >= 0.3 is 6.18 Å². The number of hydrogen-bond donors (Lipinski definition) is 2. The molecule has 0 aromatic heterocycles. The molecular weight excluding hydrogens is 263 g/mol. The summed E-state index contributed by atoms with van der Waals surface area (Å²) in [5.41, 5.74) is 4.41. The fourth-order valence-electron chi connectivity index (χ4n) is 0.975. The zero-order valence-electron chi connectivity index (χ0n) is 6.90. The fraction of sp³-hybridized carbons (Fsp3) is 0.250. The highest BCUT2D eigenvalue weighted by molar-refractivity contribution is 9.10. The van der Waals surface area contributed by atoms with Crippen LogP contribution in [-0.4, -0.2) is 5.11 Å². The summed E-state index contributed by atoms with van der Waals surface area (Å²) in [4.78, 5) is 0.